The standard InChI is InChI=1S/C22H26N2O3/c1-5-27-14-6-7-18-16(11-14)15-8-9-23-21(22(15)24-18)17-12-19(25-3)13(2)10-20(17)26-4/h6-7,10-12,21,23-24H,5,8-9H2,1-4H3. The van der Waals surface area contributed by atoms with Gasteiger partial charge in [-0.05, 0) is 61.7 Å². The van der Waals surface area contributed by atoms with Gasteiger partial charge in [0, 0.05) is 28.7 Å². The van der Waals surface area contributed by atoms with Crippen molar-refractivity contribution in [1.29, 1.82) is 0 Å². The first-order chi connectivity index (χ1) is 13.2. The molecule has 2 heterocycles. The van der Waals surface area contributed by atoms with Crippen molar-refractivity contribution < 1.29 is 14.2 Å². The SMILES string of the molecule is CCOc1ccc2[nH]c3c(c2c1)CCNC3c1cc(OC)c(C)cc1OC. The molecular formula is C22H26N2O3. The predicted molar refractivity (Wildman–Crippen MR) is 107 cm³/mol. The number of methoxy groups -OCH3 is 2. The molecular weight excluding hydrogens is 340 g/mol. The maximum absolute atomic E-state index is 5.70. The molecule has 1 aliphatic heterocycles. The molecule has 27 heavy (non-hydrogen) atoms. The van der Waals surface area contributed by atoms with Gasteiger partial charge in [0.1, 0.15) is 17.2 Å². The van der Waals surface area contributed by atoms with Crippen molar-refractivity contribution >= 4 is 10.9 Å². The first kappa shape index (κ1) is 17.7. The van der Waals surface area contributed by atoms with Gasteiger partial charge < -0.3 is 24.5 Å². The van der Waals surface area contributed by atoms with Crippen molar-refractivity contribution in [2.24, 2.45) is 0 Å². The fourth-order valence-electron chi connectivity index (χ4n) is 4.03. The molecule has 1 aliphatic rings. The van der Waals surface area contributed by atoms with Gasteiger partial charge in [-0.15, -0.1) is 0 Å². The summed E-state index contributed by atoms with van der Waals surface area (Å²) in [6, 6.07) is 10.4. The van der Waals surface area contributed by atoms with E-state index in [4.69, 9.17) is 14.2 Å². The van der Waals surface area contributed by atoms with Crippen LogP contribution in [0.25, 0.3) is 10.9 Å². The highest BCUT2D eigenvalue weighted by Crippen LogP contribution is 2.40. The Balaban J connectivity index is 1.85. The number of hydrogen-bond acceptors (Lipinski definition) is 4. The number of nitrogens with one attached hydrogen (secondary N) is 2. The summed E-state index contributed by atoms with van der Waals surface area (Å²) in [7, 11) is 3.42. The molecule has 5 heteroatoms. The minimum Gasteiger partial charge on any atom is -0.496 e. The molecule has 0 amide bonds. The Labute approximate surface area is 159 Å². The van der Waals surface area contributed by atoms with Crippen molar-refractivity contribution in [3.63, 3.8) is 0 Å². The van der Waals surface area contributed by atoms with Crippen molar-refractivity contribution in [2.75, 3.05) is 27.4 Å². The Morgan fingerprint density at radius 3 is 2.63 bits per heavy atom. The van der Waals surface area contributed by atoms with E-state index in [-0.39, 0.29) is 6.04 Å². The quantitative estimate of drug-likeness (QED) is 0.713. The average molecular weight is 366 g/mol. The zero-order valence-corrected chi connectivity index (χ0v) is 16.3. The zero-order chi connectivity index (χ0) is 19.0. The fraction of sp³-hybridized carbons (Fsp3) is 0.364. The van der Waals surface area contributed by atoms with E-state index in [9.17, 15) is 0 Å². The van der Waals surface area contributed by atoms with Crippen LogP contribution in [0.15, 0.2) is 30.3 Å². The molecule has 0 saturated heterocycles. The molecule has 2 N–H and O–H groups in total. The van der Waals surface area contributed by atoms with Gasteiger partial charge in [0.15, 0.2) is 0 Å². The second-order valence-corrected chi connectivity index (χ2v) is 6.86. The van der Waals surface area contributed by atoms with Crippen LogP contribution in [0.1, 0.15) is 35.3 Å². The smallest absolute Gasteiger partial charge is 0.124 e. The normalized spacial score (nSPS) is 16.2. The Hall–Kier alpha value is -2.66. The Morgan fingerprint density at radius 2 is 1.89 bits per heavy atom. The largest absolute Gasteiger partial charge is 0.496 e. The maximum atomic E-state index is 5.70. The van der Waals surface area contributed by atoms with Crippen LogP contribution in [0.2, 0.25) is 0 Å². The lowest BCUT2D eigenvalue weighted by Gasteiger charge is -2.27. The number of fused-ring (bicyclic) bond motifs is 3. The van der Waals surface area contributed by atoms with Crippen LogP contribution in [0.4, 0.5) is 0 Å². The minimum atomic E-state index is 0.0288. The number of hydrogen-bond donors (Lipinski definition) is 2. The number of aryl methyl sites for hydroxylation is 1. The molecule has 0 fully saturated rings. The summed E-state index contributed by atoms with van der Waals surface area (Å²) in [6.07, 6.45) is 0.979. The van der Waals surface area contributed by atoms with Gasteiger partial charge in [0.05, 0.1) is 26.9 Å². The monoisotopic (exact) mass is 366 g/mol. The van der Waals surface area contributed by atoms with Crippen LogP contribution in [0, 0.1) is 6.92 Å². The molecule has 1 atom stereocenters. The minimum absolute atomic E-state index is 0.0288. The Morgan fingerprint density at radius 1 is 1.07 bits per heavy atom. The molecule has 3 aromatic rings. The van der Waals surface area contributed by atoms with Crippen LogP contribution in [-0.4, -0.2) is 32.4 Å². The lowest BCUT2D eigenvalue weighted by atomic mass is 9.93. The van der Waals surface area contributed by atoms with Gasteiger partial charge >= 0.3 is 0 Å². The van der Waals surface area contributed by atoms with E-state index >= 15 is 0 Å². The molecule has 2 aromatic carbocycles. The van der Waals surface area contributed by atoms with Crippen molar-refractivity contribution in [3.8, 4) is 17.2 Å². The summed E-state index contributed by atoms with van der Waals surface area (Å²) in [5.74, 6) is 2.65. The summed E-state index contributed by atoms with van der Waals surface area (Å²) >= 11 is 0. The number of rotatable bonds is 5. The molecule has 1 unspecified atom stereocenters. The van der Waals surface area contributed by atoms with E-state index in [0.717, 1.165) is 46.9 Å². The van der Waals surface area contributed by atoms with E-state index in [0.29, 0.717) is 6.61 Å². The number of ether oxygens (including phenoxy) is 3. The zero-order valence-electron chi connectivity index (χ0n) is 16.3. The number of benzene rings is 2. The fourth-order valence-corrected chi connectivity index (χ4v) is 4.03. The van der Waals surface area contributed by atoms with E-state index in [1.807, 2.05) is 26.0 Å². The van der Waals surface area contributed by atoms with Gasteiger partial charge in [-0.1, -0.05) is 0 Å². The van der Waals surface area contributed by atoms with Crippen LogP contribution in [-0.2, 0) is 6.42 Å². The van der Waals surface area contributed by atoms with Gasteiger partial charge in [-0.2, -0.15) is 0 Å². The predicted octanol–water partition coefficient (Wildman–Crippen LogP) is 4.13. The lowest BCUT2D eigenvalue weighted by molar-refractivity contribution is 0.340. The molecule has 0 bridgehead atoms. The second kappa shape index (κ2) is 7.16. The third-order valence-electron chi connectivity index (χ3n) is 5.29. The van der Waals surface area contributed by atoms with Crippen molar-refractivity contribution in [3.05, 3.63) is 52.7 Å². The summed E-state index contributed by atoms with van der Waals surface area (Å²) in [5.41, 5.74) is 5.81. The first-order valence-corrected chi connectivity index (χ1v) is 9.39. The maximum Gasteiger partial charge on any atom is 0.124 e. The molecule has 0 saturated carbocycles. The summed E-state index contributed by atoms with van der Waals surface area (Å²) in [6.45, 7) is 5.61. The Kier molecular flexibility index (Phi) is 4.70. The van der Waals surface area contributed by atoms with E-state index in [1.165, 1.54) is 16.6 Å². The highest BCUT2D eigenvalue weighted by molar-refractivity contribution is 5.86. The molecule has 142 valence electrons. The molecule has 4 rings (SSSR count). The number of aromatic nitrogens is 1. The Bertz CT molecular complexity index is 977. The molecule has 1 aromatic heterocycles. The number of aromatic amines is 1. The van der Waals surface area contributed by atoms with Crippen molar-refractivity contribution in [1.82, 2.24) is 10.3 Å². The van der Waals surface area contributed by atoms with Gasteiger partial charge in [-0.3, -0.25) is 0 Å². The van der Waals surface area contributed by atoms with Gasteiger partial charge in [0.2, 0.25) is 0 Å². The van der Waals surface area contributed by atoms with E-state index in [2.05, 4.69) is 28.5 Å². The highest BCUT2D eigenvalue weighted by atomic mass is 16.5. The van der Waals surface area contributed by atoms with E-state index < -0.39 is 0 Å². The first-order valence-electron chi connectivity index (χ1n) is 9.39. The van der Waals surface area contributed by atoms with Gasteiger partial charge in [0.25, 0.3) is 0 Å². The summed E-state index contributed by atoms with van der Waals surface area (Å²) in [5, 5.41) is 4.88. The topological polar surface area (TPSA) is 55.5 Å². The molecule has 5 nitrogen and oxygen atoms in total. The molecule has 0 radical (unpaired) electrons. The highest BCUT2D eigenvalue weighted by Gasteiger charge is 2.28. The third-order valence-corrected chi connectivity index (χ3v) is 5.29. The number of H-pyrrole nitrogens is 1. The summed E-state index contributed by atoms with van der Waals surface area (Å²) in [4.78, 5) is 3.62. The van der Waals surface area contributed by atoms with E-state index in [1.54, 1.807) is 14.2 Å². The lowest BCUT2D eigenvalue weighted by Crippen LogP contribution is -2.30. The van der Waals surface area contributed by atoms with Crippen LogP contribution >= 0.6 is 0 Å². The van der Waals surface area contributed by atoms with Gasteiger partial charge in [-0.25, -0.2) is 0 Å². The molecule has 0 spiro atoms. The van der Waals surface area contributed by atoms with Crippen molar-refractivity contribution in [2.45, 2.75) is 26.3 Å². The van der Waals surface area contributed by atoms with Crippen LogP contribution < -0.4 is 19.5 Å². The van der Waals surface area contributed by atoms with Crippen LogP contribution in [0.5, 0.6) is 17.2 Å². The molecule has 0 aliphatic carbocycles. The summed E-state index contributed by atoms with van der Waals surface area (Å²) < 4.78 is 16.9. The third kappa shape index (κ3) is 3.02. The second-order valence-electron chi connectivity index (χ2n) is 6.86. The van der Waals surface area contributed by atoms with Crippen LogP contribution in [0.3, 0.4) is 0 Å². The average Bonchev–Trinajstić information content (AvgIpc) is 3.06.